The molecule has 1 aromatic rings. The number of rotatable bonds is 7. The van der Waals surface area contributed by atoms with Gasteiger partial charge in [-0.2, -0.15) is 0 Å². The molecule has 0 heterocycles. The molecule has 1 aromatic carbocycles. The maximum atomic E-state index is 11.8. The highest BCUT2D eigenvalue weighted by atomic mass is 35.5. The second-order valence-electron chi connectivity index (χ2n) is 5.13. The summed E-state index contributed by atoms with van der Waals surface area (Å²) in [6.45, 7) is 4.35. The van der Waals surface area contributed by atoms with Gasteiger partial charge in [0.15, 0.2) is 0 Å². The predicted molar refractivity (Wildman–Crippen MR) is 82.3 cm³/mol. The minimum absolute atomic E-state index is 0.0420. The van der Waals surface area contributed by atoms with Gasteiger partial charge in [0, 0.05) is 23.7 Å². The summed E-state index contributed by atoms with van der Waals surface area (Å²) < 4.78 is 0. The highest BCUT2D eigenvalue weighted by Crippen LogP contribution is 2.09. The fourth-order valence-corrected chi connectivity index (χ4v) is 1.71. The zero-order valence-corrected chi connectivity index (χ0v) is 13.0. The standard InChI is InChI=1S/C15H21ClN2O3/c1-10(2)13(19)9-14(20)17-7-8-18-15(21)11-3-5-12(16)6-4-11/h3-6,10,13,19H,7-9H2,1-2H3,(H,17,20)(H,18,21). The molecule has 0 saturated heterocycles. The molecule has 1 rings (SSSR count). The molecule has 2 amide bonds. The first-order valence-corrected chi connectivity index (χ1v) is 7.26. The van der Waals surface area contributed by atoms with Gasteiger partial charge >= 0.3 is 0 Å². The molecular weight excluding hydrogens is 292 g/mol. The molecule has 1 unspecified atom stereocenters. The Hall–Kier alpha value is -1.59. The van der Waals surface area contributed by atoms with Crippen molar-refractivity contribution in [2.24, 2.45) is 5.92 Å². The maximum absolute atomic E-state index is 11.8. The van der Waals surface area contributed by atoms with Gasteiger partial charge in [0.25, 0.3) is 5.91 Å². The van der Waals surface area contributed by atoms with Crippen LogP contribution in [0.5, 0.6) is 0 Å². The van der Waals surface area contributed by atoms with Gasteiger partial charge in [0.05, 0.1) is 12.5 Å². The first-order valence-electron chi connectivity index (χ1n) is 6.88. The Morgan fingerprint density at radius 3 is 2.29 bits per heavy atom. The Morgan fingerprint density at radius 1 is 1.14 bits per heavy atom. The van der Waals surface area contributed by atoms with Gasteiger partial charge in [0.2, 0.25) is 5.91 Å². The Bertz CT molecular complexity index is 474. The lowest BCUT2D eigenvalue weighted by atomic mass is 10.0. The van der Waals surface area contributed by atoms with Gasteiger partial charge in [-0.05, 0) is 30.2 Å². The topological polar surface area (TPSA) is 78.4 Å². The summed E-state index contributed by atoms with van der Waals surface area (Å²) in [5, 5.41) is 15.5. The molecule has 1 atom stereocenters. The van der Waals surface area contributed by atoms with Crippen LogP contribution in [0.3, 0.4) is 0 Å². The predicted octanol–water partition coefficient (Wildman–Crippen LogP) is 1.59. The Balaban J connectivity index is 2.23. The second-order valence-corrected chi connectivity index (χ2v) is 5.56. The summed E-state index contributed by atoms with van der Waals surface area (Å²) in [7, 11) is 0. The molecule has 0 saturated carbocycles. The molecular formula is C15H21ClN2O3. The van der Waals surface area contributed by atoms with Gasteiger partial charge in [-0.1, -0.05) is 25.4 Å². The van der Waals surface area contributed by atoms with E-state index < -0.39 is 6.10 Å². The fourth-order valence-electron chi connectivity index (χ4n) is 1.58. The molecule has 0 aliphatic carbocycles. The van der Waals surface area contributed by atoms with E-state index in [2.05, 4.69) is 10.6 Å². The Kier molecular flexibility index (Phi) is 7.19. The summed E-state index contributed by atoms with van der Waals surface area (Å²) in [5.41, 5.74) is 0.515. The zero-order chi connectivity index (χ0) is 15.8. The molecule has 0 aromatic heterocycles. The highest BCUT2D eigenvalue weighted by Gasteiger charge is 2.13. The van der Waals surface area contributed by atoms with E-state index in [0.29, 0.717) is 23.7 Å². The third-order valence-corrected chi connectivity index (χ3v) is 3.26. The number of carbonyl (C=O) groups is 2. The highest BCUT2D eigenvalue weighted by molar-refractivity contribution is 6.30. The minimum atomic E-state index is -0.645. The molecule has 21 heavy (non-hydrogen) atoms. The molecule has 116 valence electrons. The number of hydrogen-bond acceptors (Lipinski definition) is 3. The van der Waals surface area contributed by atoms with Gasteiger partial charge < -0.3 is 15.7 Å². The van der Waals surface area contributed by atoms with Crippen molar-refractivity contribution >= 4 is 23.4 Å². The third-order valence-electron chi connectivity index (χ3n) is 3.00. The molecule has 0 aliphatic heterocycles. The van der Waals surface area contributed by atoms with E-state index in [1.165, 1.54) is 0 Å². The average Bonchev–Trinajstić information content (AvgIpc) is 2.44. The largest absolute Gasteiger partial charge is 0.392 e. The van der Waals surface area contributed by atoms with E-state index in [1.807, 2.05) is 13.8 Å². The van der Waals surface area contributed by atoms with Crippen LogP contribution in [0.15, 0.2) is 24.3 Å². The smallest absolute Gasteiger partial charge is 0.251 e. The third kappa shape index (κ3) is 6.60. The van der Waals surface area contributed by atoms with Crippen LogP contribution in [0, 0.1) is 5.92 Å². The van der Waals surface area contributed by atoms with Gasteiger partial charge in [-0.3, -0.25) is 9.59 Å². The summed E-state index contributed by atoms with van der Waals surface area (Å²) >= 11 is 5.74. The molecule has 3 N–H and O–H groups in total. The first kappa shape index (κ1) is 17.5. The first-order chi connectivity index (χ1) is 9.90. The molecule has 0 spiro atoms. The summed E-state index contributed by atoms with van der Waals surface area (Å²) in [5.74, 6) is -0.402. The Morgan fingerprint density at radius 2 is 1.71 bits per heavy atom. The van der Waals surface area contributed by atoms with Crippen LogP contribution in [-0.4, -0.2) is 36.1 Å². The lowest BCUT2D eigenvalue weighted by Gasteiger charge is -2.14. The van der Waals surface area contributed by atoms with Gasteiger partial charge in [-0.15, -0.1) is 0 Å². The van der Waals surface area contributed by atoms with Crippen molar-refractivity contribution in [3.05, 3.63) is 34.9 Å². The molecule has 0 fully saturated rings. The molecule has 5 nitrogen and oxygen atoms in total. The van der Waals surface area contributed by atoms with Crippen LogP contribution in [-0.2, 0) is 4.79 Å². The SMILES string of the molecule is CC(C)C(O)CC(=O)NCCNC(=O)c1ccc(Cl)cc1. The molecule has 6 heteroatoms. The normalized spacial score (nSPS) is 12.0. The lowest BCUT2D eigenvalue weighted by molar-refractivity contribution is -0.123. The van der Waals surface area contributed by atoms with Crippen molar-refractivity contribution in [2.75, 3.05) is 13.1 Å². The van der Waals surface area contributed by atoms with Gasteiger partial charge in [-0.25, -0.2) is 0 Å². The van der Waals surface area contributed by atoms with Crippen molar-refractivity contribution in [3.63, 3.8) is 0 Å². The lowest BCUT2D eigenvalue weighted by Crippen LogP contribution is -2.36. The van der Waals surface area contributed by atoms with Crippen LogP contribution in [0.2, 0.25) is 5.02 Å². The number of hydrogen-bond donors (Lipinski definition) is 3. The van der Waals surface area contributed by atoms with Crippen molar-refractivity contribution < 1.29 is 14.7 Å². The Labute approximate surface area is 129 Å². The van der Waals surface area contributed by atoms with E-state index in [4.69, 9.17) is 11.6 Å². The molecule has 0 bridgehead atoms. The monoisotopic (exact) mass is 312 g/mol. The number of carbonyl (C=O) groups excluding carboxylic acids is 2. The van der Waals surface area contributed by atoms with Crippen LogP contribution < -0.4 is 10.6 Å². The number of amides is 2. The number of aliphatic hydroxyl groups is 1. The fraction of sp³-hybridized carbons (Fsp3) is 0.467. The van der Waals surface area contributed by atoms with Crippen LogP contribution in [0.4, 0.5) is 0 Å². The minimum Gasteiger partial charge on any atom is -0.392 e. The van der Waals surface area contributed by atoms with E-state index in [-0.39, 0.29) is 24.2 Å². The summed E-state index contributed by atoms with van der Waals surface area (Å²) in [6, 6.07) is 6.56. The van der Waals surface area contributed by atoms with Crippen LogP contribution in [0.25, 0.3) is 0 Å². The number of nitrogens with one attached hydrogen (secondary N) is 2. The molecule has 0 radical (unpaired) electrons. The average molecular weight is 313 g/mol. The summed E-state index contributed by atoms with van der Waals surface area (Å²) in [4.78, 5) is 23.3. The van der Waals surface area contributed by atoms with Crippen molar-refractivity contribution in [3.8, 4) is 0 Å². The van der Waals surface area contributed by atoms with Gasteiger partial charge in [0.1, 0.15) is 0 Å². The van der Waals surface area contributed by atoms with Crippen molar-refractivity contribution in [1.82, 2.24) is 10.6 Å². The quantitative estimate of drug-likeness (QED) is 0.669. The van der Waals surface area contributed by atoms with E-state index in [1.54, 1.807) is 24.3 Å². The number of halogens is 1. The van der Waals surface area contributed by atoms with Crippen LogP contribution >= 0.6 is 11.6 Å². The van der Waals surface area contributed by atoms with Crippen molar-refractivity contribution in [1.29, 1.82) is 0 Å². The van der Waals surface area contributed by atoms with Crippen LogP contribution in [0.1, 0.15) is 30.6 Å². The van der Waals surface area contributed by atoms with Crippen molar-refractivity contribution in [2.45, 2.75) is 26.4 Å². The second kappa shape index (κ2) is 8.64. The number of benzene rings is 1. The van der Waals surface area contributed by atoms with E-state index in [0.717, 1.165) is 0 Å². The van der Waals surface area contributed by atoms with E-state index in [9.17, 15) is 14.7 Å². The molecule has 0 aliphatic rings. The summed E-state index contributed by atoms with van der Waals surface area (Å²) in [6.07, 6.45) is -0.573. The number of aliphatic hydroxyl groups excluding tert-OH is 1. The zero-order valence-electron chi connectivity index (χ0n) is 12.2. The maximum Gasteiger partial charge on any atom is 0.251 e. The van der Waals surface area contributed by atoms with E-state index >= 15 is 0 Å².